The number of ether oxygens (including phenoxy) is 1. The number of nitrogens with one attached hydrogen (secondary N) is 1. The lowest BCUT2D eigenvalue weighted by atomic mass is 10.0. The number of hydrogen-bond donors (Lipinski definition) is 3. The number of methoxy groups -OCH3 is 1. The van der Waals surface area contributed by atoms with Gasteiger partial charge in [-0.2, -0.15) is 0 Å². The molecule has 3 aromatic carbocycles. The van der Waals surface area contributed by atoms with Crippen molar-refractivity contribution < 1.29 is 30.7 Å². The summed E-state index contributed by atoms with van der Waals surface area (Å²) in [7, 11) is -3.48. The zero-order chi connectivity index (χ0) is 28.8. The van der Waals surface area contributed by atoms with Crippen LogP contribution in [-0.4, -0.2) is 30.5 Å². The van der Waals surface area contributed by atoms with E-state index < -0.39 is 49.4 Å². The van der Waals surface area contributed by atoms with Crippen LogP contribution in [0.1, 0.15) is 0 Å². The van der Waals surface area contributed by atoms with Gasteiger partial charge < -0.3 is 16.2 Å². The first kappa shape index (κ1) is 26.6. The molecule has 5 aromatic rings. The number of fused-ring (bicyclic) bond motifs is 1. The number of aromatic nitrogens is 3. The summed E-state index contributed by atoms with van der Waals surface area (Å²) in [6.07, 6.45) is 1.45. The van der Waals surface area contributed by atoms with Crippen molar-refractivity contribution in [2.45, 2.75) is 4.90 Å². The normalized spacial score (nSPS) is 11.5. The minimum atomic E-state index is -4.79. The maximum absolute atomic E-state index is 15.6. The lowest BCUT2D eigenvalue weighted by Crippen LogP contribution is -2.16. The van der Waals surface area contributed by atoms with E-state index in [4.69, 9.17) is 16.2 Å². The number of sulfonamides is 1. The Morgan fingerprint density at radius 1 is 0.875 bits per heavy atom. The fourth-order valence-electron chi connectivity index (χ4n) is 3.97. The second-order valence-electron chi connectivity index (χ2n) is 8.44. The lowest BCUT2D eigenvalue weighted by Gasteiger charge is -2.15. The highest BCUT2D eigenvalue weighted by molar-refractivity contribution is 7.92. The fourth-order valence-corrected chi connectivity index (χ4v) is 5.12. The van der Waals surface area contributed by atoms with Crippen molar-refractivity contribution in [1.82, 2.24) is 15.0 Å². The van der Waals surface area contributed by atoms with Gasteiger partial charge in [0.05, 0.1) is 18.4 Å². The molecule has 5 rings (SSSR count). The molecule has 9 nitrogen and oxygen atoms in total. The third-order valence-corrected chi connectivity index (χ3v) is 7.25. The van der Waals surface area contributed by atoms with Crippen molar-refractivity contribution >= 4 is 38.2 Å². The van der Waals surface area contributed by atoms with Gasteiger partial charge in [-0.3, -0.25) is 4.72 Å². The number of pyridine rings is 1. The summed E-state index contributed by atoms with van der Waals surface area (Å²) in [5, 5.41) is 0.188. The van der Waals surface area contributed by atoms with Crippen LogP contribution in [0.3, 0.4) is 0 Å². The fraction of sp³-hybridized carbons (Fsp3) is 0.0385. The highest BCUT2D eigenvalue weighted by Gasteiger charge is 2.25. The van der Waals surface area contributed by atoms with E-state index >= 15 is 4.39 Å². The lowest BCUT2D eigenvalue weighted by molar-refractivity contribution is 0.419. The summed E-state index contributed by atoms with van der Waals surface area (Å²) >= 11 is 0. The first-order valence-corrected chi connectivity index (χ1v) is 12.8. The van der Waals surface area contributed by atoms with Gasteiger partial charge in [-0.25, -0.2) is 40.9 Å². The molecule has 0 bridgehead atoms. The van der Waals surface area contributed by atoms with E-state index in [9.17, 15) is 21.6 Å². The van der Waals surface area contributed by atoms with Crippen LogP contribution in [0.4, 0.5) is 34.9 Å². The van der Waals surface area contributed by atoms with Crippen molar-refractivity contribution in [2.75, 3.05) is 23.3 Å². The molecule has 0 unspecified atom stereocenters. The second-order valence-corrected chi connectivity index (χ2v) is 10.1. The Bertz CT molecular complexity index is 1900. The van der Waals surface area contributed by atoms with E-state index in [-0.39, 0.29) is 39.7 Å². The molecule has 5 N–H and O–H groups in total. The Morgan fingerprint density at radius 3 is 2.33 bits per heavy atom. The summed E-state index contributed by atoms with van der Waals surface area (Å²) < 4.78 is 91.0. The number of rotatable bonds is 6. The highest BCUT2D eigenvalue weighted by Crippen LogP contribution is 2.38. The van der Waals surface area contributed by atoms with Gasteiger partial charge in [-0.05, 0) is 60.2 Å². The van der Waals surface area contributed by atoms with Crippen LogP contribution in [0, 0.1) is 23.3 Å². The van der Waals surface area contributed by atoms with Crippen LogP contribution < -0.4 is 20.9 Å². The molecule has 2 heterocycles. The summed E-state index contributed by atoms with van der Waals surface area (Å²) in [6.45, 7) is 0. The number of nitrogens with two attached hydrogens (primary N) is 2. The number of nitrogens with zero attached hydrogens (tertiary/aromatic N) is 3. The van der Waals surface area contributed by atoms with Crippen molar-refractivity contribution in [2.24, 2.45) is 0 Å². The van der Waals surface area contributed by atoms with Crippen LogP contribution in [0.15, 0.2) is 65.7 Å². The molecule has 0 aliphatic heterocycles. The maximum Gasteiger partial charge on any atom is 0.265 e. The predicted octanol–water partition coefficient (Wildman–Crippen LogP) is 4.89. The second kappa shape index (κ2) is 9.96. The van der Waals surface area contributed by atoms with E-state index in [0.29, 0.717) is 17.7 Å². The Hall–Kier alpha value is -4.98. The minimum Gasteiger partial charge on any atom is -0.494 e. The topological polar surface area (TPSA) is 146 Å². The van der Waals surface area contributed by atoms with E-state index in [1.54, 1.807) is 12.1 Å². The van der Waals surface area contributed by atoms with Gasteiger partial charge in [-0.15, -0.1) is 0 Å². The van der Waals surface area contributed by atoms with E-state index in [0.717, 1.165) is 18.2 Å². The van der Waals surface area contributed by atoms with E-state index in [1.165, 1.54) is 25.4 Å². The number of halogens is 4. The van der Waals surface area contributed by atoms with Crippen LogP contribution in [0.5, 0.6) is 5.75 Å². The monoisotopic (exact) mass is 570 g/mol. The smallest absolute Gasteiger partial charge is 0.265 e. The van der Waals surface area contributed by atoms with Crippen LogP contribution in [0.2, 0.25) is 0 Å². The largest absolute Gasteiger partial charge is 0.494 e. The number of benzene rings is 3. The van der Waals surface area contributed by atoms with Gasteiger partial charge in [0.1, 0.15) is 45.2 Å². The number of nitrogen functional groups attached to an aromatic ring is 2. The molecule has 2 aromatic heterocycles. The number of hydrogen-bond acceptors (Lipinski definition) is 8. The Labute approximate surface area is 224 Å². The van der Waals surface area contributed by atoms with Gasteiger partial charge in [0.2, 0.25) is 0 Å². The van der Waals surface area contributed by atoms with Gasteiger partial charge >= 0.3 is 0 Å². The molecule has 0 saturated heterocycles. The average molecular weight is 571 g/mol. The molecule has 0 aliphatic carbocycles. The molecule has 0 amide bonds. The first-order chi connectivity index (χ1) is 19.0. The molecule has 14 heteroatoms. The Kier molecular flexibility index (Phi) is 6.63. The molecule has 0 aliphatic rings. The third-order valence-electron chi connectivity index (χ3n) is 5.87. The van der Waals surface area contributed by atoms with Gasteiger partial charge in [-0.1, -0.05) is 0 Å². The summed E-state index contributed by atoms with van der Waals surface area (Å²) in [5.74, 6) is -4.15. The average Bonchev–Trinajstić information content (AvgIpc) is 2.92. The SMILES string of the molecule is COc1cc(-c2c(F)ccc(NS(=O)(=O)c3cc(F)ccc3F)c2F)cc2c(N)nc(-c3ccc(N)nc3)nc12. The van der Waals surface area contributed by atoms with Crippen molar-refractivity contribution in [1.29, 1.82) is 0 Å². The highest BCUT2D eigenvalue weighted by atomic mass is 32.2. The van der Waals surface area contributed by atoms with Crippen LogP contribution in [0.25, 0.3) is 33.4 Å². The van der Waals surface area contributed by atoms with Gasteiger partial charge in [0.15, 0.2) is 11.6 Å². The van der Waals surface area contributed by atoms with Crippen molar-refractivity contribution in [3.05, 3.63) is 84.1 Å². The Morgan fingerprint density at radius 2 is 1.62 bits per heavy atom. The quantitative estimate of drug-likeness (QED) is 0.245. The minimum absolute atomic E-state index is 0.0452. The molecule has 0 radical (unpaired) electrons. The molecule has 0 fully saturated rings. The zero-order valence-electron chi connectivity index (χ0n) is 20.4. The van der Waals surface area contributed by atoms with Crippen molar-refractivity contribution in [3.8, 4) is 28.3 Å². The molecule has 204 valence electrons. The molecule has 0 spiro atoms. The standard InChI is InChI=1S/C26H18F4N6O3S/c1-39-19-9-13(8-15-24(19)34-26(35-25(15)32)12-2-7-21(31)33-11-12)22-17(29)5-6-18(23(22)30)36-40(37,38)20-10-14(27)3-4-16(20)28/h2-11,36H,1H3,(H2,31,33)(H2,32,34,35). The van der Waals surface area contributed by atoms with E-state index in [1.807, 2.05) is 4.72 Å². The summed E-state index contributed by atoms with van der Waals surface area (Å²) in [4.78, 5) is 11.7. The van der Waals surface area contributed by atoms with E-state index in [2.05, 4.69) is 15.0 Å². The Balaban J connectivity index is 1.63. The van der Waals surface area contributed by atoms with Gasteiger partial charge in [0.25, 0.3) is 10.0 Å². The molecule has 40 heavy (non-hydrogen) atoms. The zero-order valence-corrected chi connectivity index (χ0v) is 21.2. The molecule has 0 atom stereocenters. The first-order valence-electron chi connectivity index (χ1n) is 11.3. The predicted molar refractivity (Wildman–Crippen MR) is 141 cm³/mol. The molecular formula is C26H18F4N6O3S. The molecular weight excluding hydrogens is 552 g/mol. The maximum atomic E-state index is 15.6. The summed E-state index contributed by atoms with van der Waals surface area (Å²) in [5.41, 5.74) is 11.1. The molecule has 0 saturated carbocycles. The van der Waals surface area contributed by atoms with Crippen molar-refractivity contribution in [3.63, 3.8) is 0 Å². The summed E-state index contributed by atoms with van der Waals surface area (Å²) in [6, 6.07) is 9.17. The third kappa shape index (κ3) is 4.80. The van der Waals surface area contributed by atoms with Crippen LogP contribution >= 0.6 is 0 Å². The van der Waals surface area contributed by atoms with Crippen LogP contribution in [-0.2, 0) is 10.0 Å². The van der Waals surface area contributed by atoms with Gasteiger partial charge in [0, 0.05) is 17.1 Å². The number of anilines is 3.